The number of rotatable bonds is 3. The van der Waals surface area contributed by atoms with Gasteiger partial charge in [-0.05, 0) is 47.5 Å². The van der Waals surface area contributed by atoms with Crippen LogP contribution in [0.5, 0.6) is 0 Å². The Kier molecular flexibility index (Phi) is 3.82. The lowest BCUT2D eigenvalue weighted by Crippen LogP contribution is -2.14. The minimum Gasteiger partial charge on any atom is -0.469 e. The van der Waals surface area contributed by atoms with E-state index in [1.54, 1.807) is 13.0 Å². The lowest BCUT2D eigenvalue weighted by Gasteiger charge is -2.11. The molecule has 1 atom stereocenters. The Bertz CT molecular complexity index is 568. The molecule has 0 bridgehead atoms. The van der Waals surface area contributed by atoms with Crippen LogP contribution in [0.1, 0.15) is 22.9 Å². The summed E-state index contributed by atoms with van der Waals surface area (Å²) in [5.74, 6) is -0.479. The second-order valence-corrected chi connectivity index (χ2v) is 4.98. The number of benzene rings is 1. The standard InChI is InChI=1S/C13H12BrF2NO/c1-7-4-8(6-18-7)12(17)5-9-11(15)3-2-10(14)13(9)16/h2-4,6,12H,5,17H2,1H3. The van der Waals surface area contributed by atoms with E-state index in [9.17, 15) is 8.78 Å². The van der Waals surface area contributed by atoms with Gasteiger partial charge in [-0.25, -0.2) is 8.78 Å². The van der Waals surface area contributed by atoms with Gasteiger partial charge in [0, 0.05) is 17.2 Å². The molecule has 2 nitrogen and oxygen atoms in total. The molecular formula is C13H12BrF2NO. The molecule has 0 aliphatic carbocycles. The summed E-state index contributed by atoms with van der Waals surface area (Å²) < 4.78 is 32.7. The number of halogens is 3. The van der Waals surface area contributed by atoms with Gasteiger partial charge in [0.2, 0.25) is 0 Å². The predicted octanol–water partition coefficient (Wildman–Crippen LogP) is 3.87. The molecule has 1 aromatic carbocycles. The van der Waals surface area contributed by atoms with Gasteiger partial charge in [-0.2, -0.15) is 0 Å². The third kappa shape index (κ3) is 2.62. The topological polar surface area (TPSA) is 39.2 Å². The molecular weight excluding hydrogens is 304 g/mol. The monoisotopic (exact) mass is 315 g/mol. The van der Waals surface area contributed by atoms with E-state index in [2.05, 4.69) is 15.9 Å². The van der Waals surface area contributed by atoms with Crippen LogP contribution < -0.4 is 5.73 Å². The first kappa shape index (κ1) is 13.2. The van der Waals surface area contributed by atoms with Crippen LogP contribution in [0.4, 0.5) is 8.78 Å². The van der Waals surface area contributed by atoms with Crippen molar-refractivity contribution in [2.24, 2.45) is 5.73 Å². The summed E-state index contributed by atoms with van der Waals surface area (Å²) in [4.78, 5) is 0. The maximum atomic E-state index is 13.8. The summed E-state index contributed by atoms with van der Waals surface area (Å²) >= 11 is 3.03. The molecule has 0 amide bonds. The first-order valence-corrected chi connectivity index (χ1v) is 6.21. The van der Waals surface area contributed by atoms with Gasteiger partial charge >= 0.3 is 0 Å². The highest BCUT2D eigenvalue weighted by molar-refractivity contribution is 9.10. The number of hydrogen-bond donors (Lipinski definition) is 1. The molecule has 0 spiro atoms. The van der Waals surface area contributed by atoms with Gasteiger partial charge in [-0.3, -0.25) is 0 Å². The van der Waals surface area contributed by atoms with Crippen molar-refractivity contribution in [3.63, 3.8) is 0 Å². The van der Waals surface area contributed by atoms with Crippen LogP contribution in [0, 0.1) is 18.6 Å². The van der Waals surface area contributed by atoms with Crippen molar-refractivity contribution in [3.05, 3.63) is 57.5 Å². The molecule has 2 N–H and O–H groups in total. The fourth-order valence-electron chi connectivity index (χ4n) is 1.75. The van der Waals surface area contributed by atoms with Gasteiger partial charge in [0.05, 0.1) is 10.7 Å². The Morgan fingerprint density at radius 2 is 2.11 bits per heavy atom. The van der Waals surface area contributed by atoms with E-state index in [1.165, 1.54) is 18.4 Å². The maximum absolute atomic E-state index is 13.8. The fourth-order valence-corrected chi connectivity index (χ4v) is 2.12. The summed E-state index contributed by atoms with van der Waals surface area (Å²) in [7, 11) is 0. The van der Waals surface area contributed by atoms with E-state index >= 15 is 0 Å². The predicted molar refractivity (Wildman–Crippen MR) is 68.1 cm³/mol. The number of hydrogen-bond acceptors (Lipinski definition) is 2. The van der Waals surface area contributed by atoms with Gasteiger partial charge in [-0.15, -0.1) is 0 Å². The molecule has 0 fully saturated rings. The normalized spacial score (nSPS) is 12.7. The molecule has 0 saturated carbocycles. The highest BCUT2D eigenvalue weighted by Gasteiger charge is 2.17. The van der Waals surface area contributed by atoms with Gasteiger partial charge < -0.3 is 10.2 Å². The third-order valence-corrected chi connectivity index (χ3v) is 3.35. The lowest BCUT2D eigenvalue weighted by atomic mass is 10.0. The van der Waals surface area contributed by atoms with E-state index in [0.29, 0.717) is 0 Å². The van der Waals surface area contributed by atoms with Crippen LogP contribution in [-0.4, -0.2) is 0 Å². The summed E-state index contributed by atoms with van der Waals surface area (Å²) in [6.07, 6.45) is 1.59. The second-order valence-electron chi connectivity index (χ2n) is 4.12. The first-order chi connectivity index (χ1) is 8.49. The lowest BCUT2D eigenvalue weighted by molar-refractivity contribution is 0.520. The Labute approximate surface area is 112 Å². The Morgan fingerprint density at radius 3 is 2.72 bits per heavy atom. The van der Waals surface area contributed by atoms with Gasteiger partial charge in [-0.1, -0.05) is 0 Å². The van der Waals surface area contributed by atoms with E-state index in [0.717, 1.165) is 11.3 Å². The number of nitrogens with two attached hydrogens (primary N) is 1. The van der Waals surface area contributed by atoms with E-state index in [-0.39, 0.29) is 16.5 Å². The summed E-state index contributed by atoms with van der Waals surface area (Å²) in [6, 6.07) is 3.82. The molecule has 1 heterocycles. The minimum atomic E-state index is -0.606. The summed E-state index contributed by atoms with van der Waals surface area (Å²) in [5.41, 5.74) is 6.63. The molecule has 1 aromatic heterocycles. The average molecular weight is 316 g/mol. The first-order valence-electron chi connectivity index (χ1n) is 5.42. The smallest absolute Gasteiger partial charge is 0.143 e. The molecule has 18 heavy (non-hydrogen) atoms. The molecule has 0 aliphatic rings. The zero-order valence-corrected chi connectivity index (χ0v) is 11.3. The minimum absolute atomic E-state index is 0.0178. The van der Waals surface area contributed by atoms with Crippen molar-refractivity contribution < 1.29 is 13.2 Å². The van der Waals surface area contributed by atoms with Crippen molar-refractivity contribution in [2.45, 2.75) is 19.4 Å². The van der Waals surface area contributed by atoms with Crippen molar-refractivity contribution >= 4 is 15.9 Å². The fraction of sp³-hybridized carbons (Fsp3) is 0.231. The van der Waals surface area contributed by atoms with Crippen LogP contribution in [0.25, 0.3) is 0 Å². The second kappa shape index (κ2) is 5.20. The highest BCUT2D eigenvalue weighted by Crippen LogP contribution is 2.26. The molecule has 1 unspecified atom stereocenters. The summed E-state index contributed by atoms with van der Waals surface area (Å²) in [5, 5.41) is 0. The zero-order valence-electron chi connectivity index (χ0n) is 9.71. The van der Waals surface area contributed by atoms with Crippen LogP contribution >= 0.6 is 15.9 Å². The van der Waals surface area contributed by atoms with Crippen LogP contribution in [0.3, 0.4) is 0 Å². The third-order valence-electron chi connectivity index (χ3n) is 2.74. The summed E-state index contributed by atoms with van der Waals surface area (Å²) in [6.45, 7) is 1.79. The van der Waals surface area contributed by atoms with Gasteiger partial charge in [0.25, 0.3) is 0 Å². The quantitative estimate of drug-likeness (QED) is 0.873. The van der Waals surface area contributed by atoms with Crippen molar-refractivity contribution in [1.82, 2.24) is 0 Å². The van der Waals surface area contributed by atoms with Crippen LogP contribution in [-0.2, 0) is 6.42 Å². The van der Waals surface area contributed by atoms with Crippen molar-refractivity contribution in [2.75, 3.05) is 0 Å². The van der Waals surface area contributed by atoms with E-state index < -0.39 is 17.7 Å². The Hall–Kier alpha value is -1.20. The molecule has 0 saturated heterocycles. The maximum Gasteiger partial charge on any atom is 0.143 e. The molecule has 0 aliphatic heterocycles. The molecule has 2 rings (SSSR count). The van der Waals surface area contributed by atoms with Crippen LogP contribution in [0.2, 0.25) is 0 Å². The number of aryl methyl sites for hydroxylation is 1. The Morgan fingerprint density at radius 1 is 1.39 bits per heavy atom. The van der Waals surface area contributed by atoms with Crippen molar-refractivity contribution in [3.8, 4) is 0 Å². The van der Waals surface area contributed by atoms with Crippen LogP contribution in [0.15, 0.2) is 33.4 Å². The SMILES string of the molecule is Cc1cc(C(N)Cc2c(F)ccc(Br)c2F)co1. The molecule has 2 aromatic rings. The largest absolute Gasteiger partial charge is 0.469 e. The Balaban J connectivity index is 2.27. The molecule has 5 heteroatoms. The molecule has 0 radical (unpaired) electrons. The van der Waals surface area contributed by atoms with Crippen molar-refractivity contribution in [1.29, 1.82) is 0 Å². The molecule has 96 valence electrons. The van der Waals surface area contributed by atoms with E-state index in [1.807, 2.05) is 0 Å². The van der Waals surface area contributed by atoms with Gasteiger partial charge in [0.15, 0.2) is 0 Å². The highest BCUT2D eigenvalue weighted by atomic mass is 79.9. The van der Waals surface area contributed by atoms with E-state index in [4.69, 9.17) is 10.2 Å². The van der Waals surface area contributed by atoms with Gasteiger partial charge in [0.1, 0.15) is 17.4 Å². The average Bonchev–Trinajstić information content (AvgIpc) is 2.76. The zero-order chi connectivity index (χ0) is 13.3. The number of furan rings is 1.